The van der Waals surface area contributed by atoms with E-state index in [0.29, 0.717) is 23.9 Å². The van der Waals surface area contributed by atoms with Crippen LogP contribution in [0.2, 0.25) is 0 Å². The number of quaternary nitrogens is 1. The van der Waals surface area contributed by atoms with Gasteiger partial charge < -0.3 is 15.5 Å². The maximum absolute atomic E-state index is 12.7. The molecule has 0 aliphatic carbocycles. The van der Waals surface area contributed by atoms with E-state index in [1.54, 1.807) is 12.4 Å². The molecule has 8 heteroatoms. The van der Waals surface area contributed by atoms with Crippen molar-refractivity contribution >= 4 is 35.3 Å². The molecule has 2 N–H and O–H groups in total. The summed E-state index contributed by atoms with van der Waals surface area (Å²) in [5.74, 6) is 1.05. The SMILES string of the molecule is Cc1cc(C)cc(NC2=N[N+]3(c4cccc(C(=O)NCCCN(C)C)c4)C=CN=CC3=N2)c1. The van der Waals surface area contributed by atoms with Crippen LogP contribution in [0.15, 0.2) is 70.0 Å². The van der Waals surface area contributed by atoms with Gasteiger partial charge in [-0.2, -0.15) is 4.99 Å². The standard InChI is InChI=1S/C25H29N7O/c1-18-13-19(2)15-21(14-18)28-25-29-23-17-26-10-12-32(23,30-25)22-8-5-7-20(16-22)24(33)27-9-6-11-31(3)4/h5,7-8,10,12-17H,6,9,11H2,1-4H3,(H-,27,28,30,33)/p+1. The molecule has 0 radical (unpaired) electrons. The number of amidine groups is 1. The summed E-state index contributed by atoms with van der Waals surface area (Å²) in [4.78, 5) is 23.8. The molecule has 4 rings (SSSR count). The van der Waals surface area contributed by atoms with E-state index in [1.165, 1.54) is 0 Å². The third-order valence-electron chi connectivity index (χ3n) is 5.43. The number of carbonyl (C=O) groups is 1. The summed E-state index contributed by atoms with van der Waals surface area (Å²) < 4.78 is 0.0262. The first-order valence-corrected chi connectivity index (χ1v) is 11.0. The minimum Gasteiger partial charge on any atom is -0.352 e. The van der Waals surface area contributed by atoms with E-state index in [2.05, 4.69) is 57.6 Å². The Balaban J connectivity index is 1.58. The maximum atomic E-state index is 12.7. The van der Waals surface area contributed by atoms with E-state index >= 15 is 0 Å². The smallest absolute Gasteiger partial charge is 0.287 e. The average molecular weight is 445 g/mol. The average Bonchev–Trinajstić information content (AvgIpc) is 3.15. The topological polar surface area (TPSA) is 81.5 Å². The van der Waals surface area contributed by atoms with Crippen molar-refractivity contribution in [2.24, 2.45) is 15.1 Å². The van der Waals surface area contributed by atoms with Gasteiger partial charge in [0.1, 0.15) is 6.21 Å². The predicted molar refractivity (Wildman–Crippen MR) is 136 cm³/mol. The summed E-state index contributed by atoms with van der Waals surface area (Å²) >= 11 is 0. The summed E-state index contributed by atoms with van der Waals surface area (Å²) in [7, 11) is 4.04. The van der Waals surface area contributed by atoms with Crippen LogP contribution in [-0.4, -0.2) is 56.0 Å². The Morgan fingerprint density at radius 2 is 1.88 bits per heavy atom. The van der Waals surface area contributed by atoms with E-state index in [-0.39, 0.29) is 10.5 Å². The number of benzene rings is 2. The molecule has 0 spiro atoms. The molecule has 170 valence electrons. The summed E-state index contributed by atoms with van der Waals surface area (Å²) in [5.41, 5.74) is 4.66. The molecule has 1 amide bonds. The lowest BCUT2D eigenvalue weighted by Crippen LogP contribution is -2.44. The molecule has 2 aromatic carbocycles. The third kappa shape index (κ3) is 5.08. The minimum absolute atomic E-state index is 0.0262. The molecule has 2 aliphatic heterocycles. The number of aliphatic imine (C=N–C) groups is 2. The maximum Gasteiger partial charge on any atom is 0.287 e. The van der Waals surface area contributed by atoms with Gasteiger partial charge in [0.05, 0.1) is 6.20 Å². The van der Waals surface area contributed by atoms with Crippen LogP contribution in [-0.2, 0) is 0 Å². The number of amides is 1. The molecule has 2 aliphatic rings. The minimum atomic E-state index is -0.0984. The zero-order chi connectivity index (χ0) is 23.4. The van der Waals surface area contributed by atoms with Crippen molar-refractivity contribution in [3.05, 3.63) is 71.6 Å². The number of hydrogen-bond donors (Lipinski definition) is 2. The third-order valence-corrected chi connectivity index (χ3v) is 5.43. The molecule has 2 aromatic rings. The summed E-state index contributed by atoms with van der Waals surface area (Å²) in [6, 6.07) is 13.7. The van der Waals surface area contributed by atoms with Gasteiger partial charge in [-0.25, -0.2) is 0 Å². The highest BCUT2D eigenvalue weighted by atomic mass is 16.1. The van der Waals surface area contributed by atoms with E-state index < -0.39 is 0 Å². The van der Waals surface area contributed by atoms with Gasteiger partial charge in [-0.15, -0.1) is 0 Å². The molecule has 2 heterocycles. The van der Waals surface area contributed by atoms with Gasteiger partial charge in [-0.3, -0.25) is 9.79 Å². The van der Waals surface area contributed by atoms with Crippen molar-refractivity contribution in [1.82, 2.24) is 14.8 Å². The lowest BCUT2D eigenvalue weighted by molar-refractivity contribution is 0.0952. The van der Waals surface area contributed by atoms with Crippen molar-refractivity contribution in [3.63, 3.8) is 0 Å². The fourth-order valence-corrected chi connectivity index (χ4v) is 3.94. The van der Waals surface area contributed by atoms with Crippen molar-refractivity contribution in [2.45, 2.75) is 20.3 Å². The van der Waals surface area contributed by atoms with Gasteiger partial charge >= 0.3 is 0 Å². The molecule has 0 saturated heterocycles. The van der Waals surface area contributed by atoms with E-state index in [9.17, 15) is 4.79 Å². The summed E-state index contributed by atoms with van der Waals surface area (Å²) in [5, 5.41) is 11.2. The number of rotatable bonds is 7. The second-order valence-corrected chi connectivity index (χ2v) is 8.62. The van der Waals surface area contributed by atoms with Crippen LogP contribution < -0.4 is 15.2 Å². The van der Waals surface area contributed by atoms with Crippen molar-refractivity contribution < 1.29 is 4.79 Å². The molecule has 33 heavy (non-hydrogen) atoms. The van der Waals surface area contributed by atoms with Crippen LogP contribution in [0.25, 0.3) is 0 Å². The number of fused-ring (bicyclic) bond motifs is 1. The van der Waals surface area contributed by atoms with Crippen LogP contribution in [0.1, 0.15) is 27.9 Å². The number of nitrogens with one attached hydrogen (secondary N) is 2. The molecule has 8 nitrogen and oxygen atoms in total. The lowest BCUT2D eigenvalue weighted by atomic mass is 10.1. The highest BCUT2D eigenvalue weighted by molar-refractivity contribution is 6.38. The Morgan fingerprint density at radius 3 is 2.64 bits per heavy atom. The fraction of sp³-hybridized carbons (Fsp3) is 0.280. The molecule has 0 bridgehead atoms. The first kappa shape index (κ1) is 22.6. The Bertz CT molecular complexity index is 1160. The number of anilines is 1. The lowest BCUT2D eigenvalue weighted by Gasteiger charge is -2.24. The summed E-state index contributed by atoms with van der Waals surface area (Å²) in [6.07, 6.45) is 6.17. The van der Waals surface area contributed by atoms with Crippen LogP contribution in [0, 0.1) is 13.8 Å². The van der Waals surface area contributed by atoms with Crippen molar-refractivity contribution in [2.75, 3.05) is 32.5 Å². The zero-order valence-electron chi connectivity index (χ0n) is 19.5. The Labute approximate surface area is 194 Å². The quantitative estimate of drug-likeness (QED) is 0.505. The van der Waals surface area contributed by atoms with Gasteiger partial charge in [0.15, 0.2) is 11.9 Å². The molecule has 0 aromatic heterocycles. The van der Waals surface area contributed by atoms with Crippen molar-refractivity contribution in [3.8, 4) is 0 Å². The number of carbonyl (C=O) groups excluding carboxylic acids is 1. The first-order chi connectivity index (χ1) is 15.9. The largest absolute Gasteiger partial charge is 0.352 e. The number of hydrogen-bond acceptors (Lipinski definition) is 6. The number of guanidine groups is 1. The monoisotopic (exact) mass is 444 g/mol. The molecule has 0 fully saturated rings. The number of aryl methyl sites for hydroxylation is 2. The normalized spacial score (nSPS) is 18.7. The second kappa shape index (κ2) is 9.48. The number of nitrogens with zero attached hydrogens (tertiary/aromatic N) is 5. The van der Waals surface area contributed by atoms with E-state index in [1.807, 2.05) is 44.6 Å². The zero-order valence-corrected chi connectivity index (χ0v) is 19.5. The summed E-state index contributed by atoms with van der Waals surface area (Å²) in [6.45, 7) is 5.67. The van der Waals surface area contributed by atoms with Crippen LogP contribution in [0.5, 0.6) is 0 Å². The highest BCUT2D eigenvalue weighted by Gasteiger charge is 2.43. The van der Waals surface area contributed by atoms with Crippen molar-refractivity contribution in [1.29, 1.82) is 0 Å². The second-order valence-electron chi connectivity index (χ2n) is 8.62. The van der Waals surface area contributed by atoms with E-state index in [4.69, 9.17) is 5.10 Å². The molecule has 0 saturated carbocycles. The molecule has 1 atom stereocenters. The van der Waals surface area contributed by atoms with E-state index in [0.717, 1.165) is 35.5 Å². The van der Waals surface area contributed by atoms with Gasteiger partial charge in [-0.05, 0) is 75.3 Å². The molecular weight excluding hydrogens is 414 g/mol. The van der Waals surface area contributed by atoms with Crippen LogP contribution in [0.4, 0.5) is 11.4 Å². The fourth-order valence-electron chi connectivity index (χ4n) is 3.94. The Morgan fingerprint density at radius 1 is 1.09 bits per heavy atom. The van der Waals surface area contributed by atoms with Crippen LogP contribution >= 0.6 is 0 Å². The van der Waals surface area contributed by atoms with Gasteiger partial charge in [0, 0.05) is 29.9 Å². The van der Waals surface area contributed by atoms with Gasteiger partial charge in [0.25, 0.3) is 17.7 Å². The first-order valence-electron chi connectivity index (χ1n) is 11.0. The molecular formula is C25H30N7O+. The predicted octanol–water partition coefficient (Wildman–Crippen LogP) is 3.64. The highest BCUT2D eigenvalue weighted by Crippen LogP contribution is 2.32. The van der Waals surface area contributed by atoms with Crippen LogP contribution in [0.3, 0.4) is 0 Å². The molecule has 1 unspecified atom stereocenters. The van der Waals surface area contributed by atoms with Gasteiger partial charge in [-0.1, -0.05) is 16.7 Å². The Kier molecular flexibility index (Phi) is 6.48. The van der Waals surface area contributed by atoms with Gasteiger partial charge in [0.2, 0.25) is 0 Å². The Hall–Kier alpha value is -3.62.